The minimum atomic E-state index is -1.11. The van der Waals surface area contributed by atoms with Crippen LogP contribution >= 0.6 is 0 Å². The highest BCUT2D eigenvalue weighted by Crippen LogP contribution is 2.23. The molecule has 0 spiro atoms. The van der Waals surface area contributed by atoms with Crippen LogP contribution in [-0.4, -0.2) is 29.2 Å². The molecule has 2 N–H and O–H groups in total. The summed E-state index contributed by atoms with van der Waals surface area (Å²) in [5, 5.41) is 15.1. The molecule has 0 atom stereocenters. The van der Waals surface area contributed by atoms with E-state index >= 15 is 0 Å². The van der Waals surface area contributed by atoms with Crippen LogP contribution in [0.3, 0.4) is 0 Å². The molecule has 0 fully saturated rings. The molecule has 1 aromatic heterocycles. The number of nitrogens with zero attached hydrogens (tertiary/aromatic N) is 1. The minimum absolute atomic E-state index is 0.0148. The average molecular weight is 276 g/mol. The standard InChI is InChI=1S/C13H12N2O5/c1-7-5-11(20-15-7)12(16)14-8-3-4-9(13(17)18)10(6-8)19-2/h3-6H,1-2H3,(H,14,16)(H,17,18). The van der Waals surface area contributed by atoms with Gasteiger partial charge in [0.25, 0.3) is 5.91 Å². The van der Waals surface area contributed by atoms with Crippen molar-refractivity contribution in [2.45, 2.75) is 6.92 Å². The first-order valence-electron chi connectivity index (χ1n) is 5.67. The van der Waals surface area contributed by atoms with Gasteiger partial charge in [-0.25, -0.2) is 4.79 Å². The summed E-state index contributed by atoms with van der Waals surface area (Å²) in [6.07, 6.45) is 0. The molecule has 0 radical (unpaired) electrons. The lowest BCUT2D eigenvalue weighted by Crippen LogP contribution is -2.11. The van der Waals surface area contributed by atoms with Crippen LogP contribution in [-0.2, 0) is 0 Å². The Morgan fingerprint density at radius 3 is 2.65 bits per heavy atom. The third-order valence-corrected chi connectivity index (χ3v) is 2.54. The number of nitrogens with one attached hydrogen (secondary N) is 1. The number of hydrogen-bond donors (Lipinski definition) is 2. The van der Waals surface area contributed by atoms with Crippen molar-refractivity contribution >= 4 is 17.6 Å². The molecule has 0 bridgehead atoms. The number of benzene rings is 1. The van der Waals surface area contributed by atoms with E-state index in [2.05, 4.69) is 10.5 Å². The average Bonchev–Trinajstić information content (AvgIpc) is 2.85. The van der Waals surface area contributed by atoms with Crippen molar-refractivity contribution < 1.29 is 24.0 Å². The summed E-state index contributed by atoms with van der Waals surface area (Å²) < 4.78 is 9.80. The fourth-order valence-electron chi connectivity index (χ4n) is 1.61. The predicted octanol–water partition coefficient (Wildman–Crippen LogP) is 1.94. The maximum Gasteiger partial charge on any atom is 0.339 e. The lowest BCUT2D eigenvalue weighted by atomic mass is 10.2. The van der Waals surface area contributed by atoms with Gasteiger partial charge in [-0.3, -0.25) is 4.79 Å². The second kappa shape index (κ2) is 5.43. The molecule has 104 valence electrons. The fourth-order valence-corrected chi connectivity index (χ4v) is 1.61. The van der Waals surface area contributed by atoms with Crippen molar-refractivity contribution in [1.82, 2.24) is 5.16 Å². The quantitative estimate of drug-likeness (QED) is 0.884. The molecule has 0 aliphatic carbocycles. The molecule has 7 nitrogen and oxygen atoms in total. The number of carbonyl (C=O) groups excluding carboxylic acids is 1. The van der Waals surface area contributed by atoms with Crippen molar-refractivity contribution in [2.24, 2.45) is 0 Å². The summed E-state index contributed by atoms with van der Waals surface area (Å²) in [6.45, 7) is 1.70. The number of aromatic carboxylic acids is 1. The van der Waals surface area contributed by atoms with E-state index in [9.17, 15) is 9.59 Å². The van der Waals surface area contributed by atoms with Crippen molar-refractivity contribution in [3.05, 3.63) is 41.3 Å². The highest BCUT2D eigenvalue weighted by atomic mass is 16.5. The van der Waals surface area contributed by atoms with Gasteiger partial charge in [-0.15, -0.1) is 0 Å². The maximum atomic E-state index is 11.8. The molecule has 2 aromatic rings. The van der Waals surface area contributed by atoms with Gasteiger partial charge >= 0.3 is 5.97 Å². The lowest BCUT2D eigenvalue weighted by Gasteiger charge is -2.08. The number of anilines is 1. The van der Waals surface area contributed by atoms with Crippen LogP contribution in [0.2, 0.25) is 0 Å². The molecule has 1 heterocycles. The number of hydrogen-bond acceptors (Lipinski definition) is 5. The lowest BCUT2D eigenvalue weighted by molar-refractivity contribution is 0.0693. The van der Waals surface area contributed by atoms with E-state index in [-0.39, 0.29) is 17.1 Å². The summed E-state index contributed by atoms with van der Waals surface area (Å²) >= 11 is 0. The first-order valence-corrected chi connectivity index (χ1v) is 5.67. The van der Waals surface area contributed by atoms with Gasteiger partial charge in [0.2, 0.25) is 5.76 Å². The summed E-state index contributed by atoms with van der Waals surface area (Å²) in [5.74, 6) is -1.35. The highest BCUT2D eigenvalue weighted by molar-refractivity contribution is 6.02. The van der Waals surface area contributed by atoms with Gasteiger partial charge in [0.05, 0.1) is 12.8 Å². The van der Waals surface area contributed by atoms with Gasteiger partial charge in [0.15, 0.2) is 0 Å². The number of aromatic nitrogens is 1. The van der Waals surface area contributed by atoms with Crippen molar-refractivity contribution in [3.8, 4) is 5.75 Å². The van der Waals surface area contributed by atoms with Gasteiger partial charge in [-0.2, -0.15) is 0 Å². The van der Waals surface area contributed by atoms with Crippen LogP contribution in [0.15, 0.2) is 28.8 Å². The number of aryl methyl sites for hydroxylation is 1. The Kier molecular flexibility index (Phi) is 3.69. The number of rotatable bonds is 4. The molecule has 0 saturated carbocycles. The van der Waals surface area contributed by atoms with Crippen LogP contribution in [0.25, 0.3) is 0 Å². The predicted molar refractivity (Wildman–Crippen MR) is 69.1 cm³/mol. The molecule has 0 unspecified atom stereocenters. The molecule has 0 aliphatic rings. The fraction of sp³-hybridized carbons (Fsp3) is 0.154. The number of carboxylic acids is 1. The molecule has 1 aromatic carbocycles. The summed E-state index contributed by atoms with van der Waals surface area (Å²) in [7, 11) is 1.35. The van der Waals surface area contributed by atoms with Gasteiger partial charge in [0, 0.05) is 17.8 Å². The largest absolute Gasteiger partial charge is 0.496 e. The van der Waals surface area contributed by atoms with E-state index in [1.54, 1.807) is 6.92 Å². The van der Waals surface area contributed by atoms with E-state index in [1.807, 2.05) is 0 Å². The zero-order chi connectivity index (χ0) is 14.7. The maximum absolute atomic E-state index is 11.8. The van der Waals surface area contributed by atoms with Crippen molar-refractivity contribution in [2.75, 3.05) is 12.4 Å². The van der Waals surface area contributed by atoms with Crippen LogP contribution in [0, 0.1) is 6.92 Å². The van der Waals surface area contributed by atoms with Crippen LogP contribution in [0.4, 0.5) is 5.69 Å². The zero-order valence-corrected chi connectivity index (χ0v) is 10.8. The number of amides is 1. The van der Waals surface area contributed by atoms with Crippen LogP contribution in [0.1, 0.15) is 26.6 Å². The molecular formula is C13H12N2O5. The molecule has 2 rings (SSSR count). The second-order valence-corrected chi connectivity index (χ2v) is 4.01. The molecule has 0 aliphatic heterocycles. The van der Waals surface area contributed by atoms with E-state index in [1.165, 1.54) is 31.4 Å². The first kappa shape index (κ1) is 13.6. The highest BCUT2D eigenvalue weighted by Gasteiger charge is 2.15. The number of ether oxygens (including phenoxy) is 1. The van der Waals surface area contributed by atoms with Gasteiger partial charge in [-0.1, -0.05) is 5.16 Å². The molecule has 20 heavy (non-hydrogen) atoms. The van der Waals surface area contributed by atoms with Gasteiger partial charge in [0.1, 0.15) is 11.3 Å². The van der Waals surface area contributed by atoms with Gasteiger partial charge < -0.3 is 19.7 Å². The van der Waals surface area contributed by atoms with E-state index in [0.29, 0.717) is 11.4 Å². The summed E-state index contributed by atoms with van der Waals surface area (Å²) in [4.78, 5) is 22.8. The summed E-state index contributed by atoms with van der Waals surface area (Å²) in [6, 6.07) is 5.73. The summed E-state index contributed by atoms with van der Waals surface area (Å²) in [5.41, 5.74) is 1.00. The topological polar surface area (TPSA) is 102 Å². The van der Waals surface area contributed by atoms with E-state index in [0.717, 1.165) is 0 Å². The Labute approximate surface area is 114 Å². The van der Waals surface area contributed by atoms with Crippen molar-refractivity contribution in [3.63, 3.8) is 0 Å². The Morgan fingerprint density at radius 2 is 2.10 bits per heavy atom. The Hall–Kier alpha value is -2.83. The van der Waals surface area contributed by atoms with E-state index < -0.39 is 11.9 Å². The van der Waals surface area contributed by atoms with Crippen LogP contribution in [0.5, 0.6) is 5.75 Å². The Balaban J connectivity index is 2.22. The molecule has 7 heteroatoms. The van der Waals surface area contributed by atoms with Crippen LogP contribution < -0.4 is 10.1 Å². The van der Waals surface area contributed by atoms with Gasteiger partial charge in [-0.05, 0) is 19.1 Å². The monoisotopic (exact) mass is 276 g/mol. The molecular weight excluding hydrogens is 264 g/mol. The number of methoxy groups -OCH3 is 1. The SMILES string of the molecule is COc1cc(NC(=O)c2cc(C)no2)ccc1C(=O)O. The molecule has 1 amide bonds. The van der Waals surface area contributed by atoms with Crippen molar-refractivity contribution in [1.29, 1.82) is 0 Å². The Bertz CT molecular complexity index is 663. The number of carbonyl (C=O) groups is 2. The Morgan fingerprint density at radius 1 is 1.35 bits per heavy atom. The third-order valence-electron chi connectivity index (χ3n) is 2.54. The zero-order valence-electron chi connectivity index (χ0n) is 10.8. The third kappa shape index (κ3) is 2.77. The normalized spacial score (nSPS) is 10.1. The smallest absolute Gasteiger partial charge is 0.339 e. The van der Waals surface area contributed by atoms with E-state index in [4.69, 9.17) is 14.4 Å². The second-order valence-electron chi connectivity index (χ2n) is 4.01. The minimum Gasteiger partial charge on any atom is -0.496 e. The molecule has 0 saturated heterocycles. The first-order chi connectivity index (χ1) is 9.51. The number of carboxylic acid groups (broad SMARTS) is 1.